The Morgan fingerprint density at radius 3 is 2.39 bits per heavy atom. The van der Waals surface area contributed by atoms with E-state index in [4.69, 9.17) is 4.74 Å². The average Bonchev–Trinajstić information content (AvgIpc) is 2.84. The van der Waals surface area contributed by atoms with E-state index < -0.39 is 11.5 Å². The Morgan fingerprint density at radius 2 is 1.79 bits per heavy atom. The number of para-hydroxylation sites is 1. The largest absolute Gasteiger partial charge is 0.492 e. The number of anilines is 1. The van der Waals surface area contributed by atoms with Gasteiger partial charge in [-0.25, -0.2) is 0 Å². The Kier molecular flexibility index (Phi) is 5.34. The van der Waals surface area contributed by atoms with E-state index in [0.29, 0.717) is 22.6 Å². The quantitative estimate of drug-likeness (QED) is 0.746. The molecule has 6 nitrogen and oxygen atoms in total. The normalized spacial score (nSPS) is 18.1. The lowest BCUT2D eigenvalue weighted by molar-refractivity contribution is -0.141. The van der Waals surface area contributed by atoms with Crippen molar-refractivity contribution in [1.82, 2.24) is 0 Å². The van der Waals surface area contributed by atoms with Gasteiger partial charge in [-0.1, -0.05) is 18.2 Å². The highest BCUT2D eigenvalue weighted by atomic mass is 16.5. The molecule has 1 heterocycles. The van der Waals surface area contributed by atoms with Crippen LogP contribution >= 0.6 is 0 Å². The number of nitrogens with zero attached hydrogens (tertiary/aromatic N) is 1. The van der Waals surface area contributed by atoms with Crippen molar-refractivity contribution in [2.75, 3.05) is 18.1 Å². The molecule has 1 aliphatic heterocycles. The lowest BCUT2D eigenvalue weighted by atomic mass is 9.89. The maximum atomic E-state index is 13.0. The van der Waals surface area contributed by atoms with Gasteiger partial charge >= 0.3 is 0 Å². The number of carbonyl (C=O) groups excluding carboxylic acids is 3. The average molecular weight is 381 g/mol. The summed E-state index contributed by atoms with van der Waals surface area (Å²) >= 11 is 0. The maximum absolute atomic E-state index is 13.0. The Hall–Kier alpha value is -2.99. The molecule has 146 valence electrons. The van der Waals surface area contributed by atoms with E-state index in [1.165, 1.54) is 18.7 Å². The van der Waals surface area contributed by atoms with Crippen LogP contribution in [0.15, 0.2) is 42.5 Å². The van der Waals surface area contributed by atoms with Gasteiger partial charge in [-0.2, -0.15) is 0 Å². The van der Waals surface area contributed by atoms with Gasteiger partial charge in [0.25, 0.3) is 5.91 Å². The van der Waals surface area contributed by atoms with Gasteiger partial charge < -0.3 is 14.7 Å². The summed E-state index contributed by atoms with van der Waals surface area (Å²) in [5.74, 6) is -0.207. The van der Waals surface area contributed by atoms with Gasteiger partial charge in [0, 0.05) is 17.5 Å². The third-order valence-electron chi connectivity index (χ3n) is 4.90. The zero-order chi connectivity index (χ0) is 20.5. The third kappa shape index (κ3) is 3.55. The van der Waals surface area contributed by atoms with E-state index in [2.05, 4.69) is 0 Å². The molecule has 1 aliphatic rings. The first-order valence-electron chi connectivity index (χ1n) is 9.11. The van der Waals surface area contributed by atoms with Gasteiger partial charge in [-0.3, -0.25) is 14.4 Å². The molecule has 0 saturated heterocycles. The van der Waals surface area contributed by atoms with Crippen LogP contribution in [0.3, 0.4) is 0 Å². The van der Waals surface area contributed by atoms with Gasteiger partial charge in [0.05, 0.1) is 12.2 Å². The van der Waals surface area contributed by atoms with Crippen molar-refractivity contribution in [2.45, 2.75) is 32.8 Å². The number of ketones is 2. The van der Waals surface area contributed by atoms with E-state index in [-0.39, 0.29) is 31.1 Å². The minimum atomic E-state index is -1.84. The molecular weight excluding hydrogens is 358 g/mol. The van der Waals surface area contributed by atoms with E-state index in [1.807, 2.05) is 13.0 Å². The summed E-state index contributed by atoms with van der Waals surface area (Å²) in [7, 11) is 0. The monoisotopic (exact) mass is 381 g/mol. The molecule has 0 aromatic heterocycles. The van der Waals surface area contributed by atoms with Crippen LogP contribution in [0, 0.1) is 6.92 Å². The highest BCUT2D eigenvalue weighted by molar-refractivity contribution is 6.09. The molecular formula is C22H23NO5. The van der Waals surface area contributed by atoms with E-state index in [0.717, 1.165) is 5.56 Å². The van der Waals surface area contributed by atoms with E-state index >= 15 is 0 Å². The number of ether oxygens (including phenoxy) is 1. The van der Waals surface area contributed by atoms with Crippen LogP contribution < -0.4 is 9.64 Å². The van der Waals surface area contributed by atoms with Crippen LogP contribution in [0.2, 0.25) is 0 Å². The van der Waals surface area contributed by atoms with Crippen molar-refractivity contribution in [3.63, 3.8) is 0 Å². The lowest BCUT2D eigenvalue weighted by Crippen LogP contribution is -2.43. The number of benzene rings is 2. The molecule has 0 saturated carbocycles. The van der Waals surface area contributed by atoms with Crippen molar-refractivity contribution in [3.05, 3.63) is 59.2 Å². The molecule has 6 heteroatoms. The SMILES string of the molecule is CC(=O)CC1(O)C(=O)N(CCOc2ccc(C(C)=O)cc2)c2c(C)cccc21. The highest BCUT2D eigenvalue weighted by Gasteiger charge is 2.50. The standard InChI is InChI=1S/C22H23NO5/c1-14-5-4-6-19-20(14)23(21(26)22(19,27)13-15(2)24)11-12-28-18-9-7-17(8-10-18)16(3)25/h4-10,27H,11-13H2,1-3H3. The molecule has 0 spiro atoms. The molecule has 1 atom stereocenters. The van der Waals surface area contributed by atoms with E-state index in [9.17, 15) is 19.5 Å². The summed E-state index contributed by atoms with van der Waals surface area (Å²) in [6, 6.07) is 12.1. The molecule has 2 aromatic carbocycles. The van der Waals surface area contributed by atoms with Crippen molar-refractivity contribution >= 4 is 23.2 Å². The molecule has 3 rings (SSSR count). The van der Waals surface area contributed by atoms with Crippen LogP contribution in [-0.2, 0) is 15.2 Å². The Bertz CT molecular complexity index is 934. The van der Waals surface area contributed by atoms with Crippen molar-refractivity contribution in [1.29, 1.82) is 0 Å². The van der Waals surface area contributed by atoms with Gasteiger partial charge in [-0.15, -0.1) is 0 Å². The summed E-state index contributed by atoms with van der Waals surface area (Å²) < 4.78 is 5.70. The number of rotatable bonds is 7. The summed E-state index contributed by atoms with van der Waals surface area (Å²) in [6.45, 7) is 5.15. The van der Waals surface area contributed by atoms with Gasteiger partial charge in [0.15, 0.2) is 11.4 Å². The summed E-state index contributed by atoms with van der Waals surface area (Å²) in [5, 5.41) is 11.0. The number of aliphatic hydroxyl groups is 1. The number of carbonyl (C=O) groups is 3. The van der Waals surface area contributed by atoms with Crippen molar-refractivity contribution < 1.29 is 24.2 Å². The van der Waals surface area contributed by atoms with Gasteiger partial charge in [0.2, 0.25) is 0 Å². The third-order valence-corrected chi connectivity index (χ3v) is 4.90. The topological polar surface area (TPSA) is 83.9 Å². The van der Waals surface area contributed by atoms with E-state index in [1.54, 1.807) is 36.4 Å². The van der Waals surface area contributed by atoms with Crippen LogP contribution in [0.1, 0.15) is 41.8 Å². The number of aryl methyl sites for hydroxylation is 1. The Labute approximate surface area is 163 Å². The second-order valence-corrected chi connectivity index (χ2v) is 7.10. The number of hydrogen-bond donors (Lipinski definition) is 1. The number of Topliss-reactive ketones (excluding diaryl/α,β-unsaturated/α-hetero) is 2. The summed E-state index contributed by atoms with van der Waals surface area (Å²) in [5.41, 5.74) is 0.693. The van der Waals surface area contributed by atoms with Crippen molar-refractivity contribution in [3.8, 4) is 5.75 Å². The molecule has 2 aromatic rings. The first-order valence-corrected chi connectivity index (χ1v) is 9.11. The molecule has 1 N–H and O–H groups in total. The molecule has 0 bridgehead atoms. The summed E-state index contributed by atoms with van der Waals surface area (Å²) in [6.07, 6.45) is -0.258. The molecule has 0 fully saturated rings. The summed E-state index contributed by atoms with van der Waals surface area (Å²) in [4.78, 5) is 37.4. The minimum absolute atomic E-state index is 0.0222. The fourth-order valence-corrected chi connectivity index (χ4v) is 3.58. The Morgan fingerprint density at radius 1 is 1.11 bits per heavy atom. The molecule has 0 radical (unpaired) electrons. The molecule has 1 unspecified atom stereocenters. The minimum Gasteiger partial charge on any atom is -0.492 e. The first kappa shape index (κ1) is 19.8. The van der Waals surface area contributed by atoms with Crippen LogP contribution in [0.4, 0.5) is 5.69 Å². The van der Waals surface area contributed by atoms with Gasteiger partial charge in [0.1, 0.15) is 18.1 Å². The number of amides is 1. The molecule has 0 aliphatic carbocycles. The van der Waals surface area contributed by atoms with Crippen molar-refractivity contribution in [2.24, 2.45) is 0 Å². The van der Waals surface area contributed by atoms with Crippen LogP contribution in [0.5, 0.6) is 5.75 Å². The zero-order valence-electron chi connectivity index (χ0n) is 16.2. The predicted molar refractivity (Wildman–Crippen MR) is 105 cm³/mol. The second-order valence-electron chi connectivity index (χ2n) is 7.10. The van der Waals surface area contributed by atoms with Gasteiger partial charge in [-0.05, 0) is 50.6 Å². The maximum Gasteiger partial charge on any atom is 0.264 e. The fourth-order valence-electron chi connectivity index (χ4n) is 3.58. The molecule has 1 amide bonds. The van der Waals surface area contributed by atoms with Crippen LogP contribution in [-0.4, -0.2) is 35.7 Å². The predicted octanol–water partition coefficient (Wildman–Crippen LogP) is 2.79. The fraction of sp³-hybridized carbons (Fsp3) is 0.318. The number of fused-ring (bicyclic) bond motifs is 1. The number of hydrogen-bond acceptors (Lipinski definition) is 5. The highest BCUT2D eigenvalue weighted by Crippen LogP contribution is 2.44. The van der Waals surface area contributed by atoms with Crippen LogP contribution in [0.25, 0.3) is 0 Å². The smallest absolute Gasteiger partial charge is 0.264 e. The molecule has 28 heavy (non-hydrogen) atoms. The zero-order valence-corrected chi connectivity index (χ0v) is 16.2. The first-order chi connectivity index (χ1) is 13.2. The second kappa shape index (κ2) is 7.56. The Balaban J connectivity index is 1.78. The lowest BCUT2D eigenvalue weighted by Gasteiger charge is -2.22.